The molecule has 19 heavy (non-hydrogen) atoms. The molecule has 0 aliphatic heterocycles. The summed E-state index contributed by atoms with van der Waals surface area (Å²) in [6, 6.07) is 7.98. The molecular weight excluding hydrogens is 242 g/mol. The van der Waals surface area contributed by atoms with Crippen LogP contribution in [0.5, 0.6) is 5.75 Å². The van der Waals surface area contributed by atoms with E-state index < -0.39 is 0 Å². The van der Waals surface area contributed by atoms with E-state index in [2.05, 4.69) is 5.32 Å². The third-order valence-corrected chi connectivity index (χ3v) is 3.37. The summed E-state index contributed by atoms with van der Waals surface area (Å²) in [7, 11) is 1.64. The van der Waals surface area contributed by atoms with Crippen molar-refractivity contribution in [2.24, 2.45) is 0 Å². The quantitative estimate of drug-likeness (QED) is 0.841. The first-order valence-electron chi connectivity index (χ1n) is 6.63. The largest absolute Gasteiger partial charge is 0.493 e. The van der Waals surface area contributed by atoms with Gasteiger partial charge in [-0.15, -0.1) is 0 Å². The lowest BCUT2D eigenvalue weighted by Crippen LogP contribution is -2.33. The molecule has 0 radical (unpaired) electrons. The third kappa shape index (κ3) is 2.91. The van der Waals surface area contributed by atoms with Crippen molar-refractivity contribution in [1.82, 2.24) is 5.32 Å². The number of hydrogen-bond acceptors (Lipinski definition) is 4. The molecule has 0 spiro atoms. The van der Waals surface area contributed by atoms with Gasteiger partial charge < -0.3 is 19.6 Å². The Morgan fingerprint density at radius 3 is 2.84 bits per heavy atom. The van der Waals surface area contributed by atoms with Gasteiger partial charge in [-0.25, -0.2) is 0 Å². The van der Waals surface area contributed by atoms with E-state index in [0.717, 1.165) is 28.9 Å². The molecule has 2 rings (SSSR count). The summed E-state index contributed by atoms with van der Waals surface area (Å²) < 4.78 is 11.2. The second-order valence-electron chi connectivity index (χ2n) is 4.70. The van der Waals surface area contributed by atoms with Crippen LogP contribution in [0.3, 0.4) is 0 Å². The van der Waals surface area contributed by atoms with Crippen LogP contribution in [-0.4, -0.2) is 24.9 Å². The van der Waals surface area contributed by atoms with Gasteiger partial charge in [0.25, 0.3) is 0 Å². The number of nitrogens with one attached hydrogen (secondary N) is 1. The van der Waals surface area contributed by atoms with Crippen molar-refractivity contribution >= 4 is 11.0 Å². The van der Waals surface area contributed by atoms with Crippen LogP contribution in [0.15, 0.2) is 28.7 Å². The molecule has 1 aromatic carbocycles. The van der Waals surface area contributed by atoms with Gasteiger partial charge in [-0.05, 0) is 25.5 Å². The molecule has 104 valence electrons. The fourth-order valence-electron chi connectivity index (χ4n) is 2.17. The standard InChI is InChI=1S/C15H21NO3/c1-4-12(9-17)16-10(2)14-8-11-6-5-7-13(18-3)15(11)19-14/h5-8,10,12,16-17H,4,9H2,1-3H3. The van der Waals surface area contributed by atoms with Gasteiger partial charge in [0.15, 0.2) is 11.3 Å². The number of furan rings is 1. The van der Waals surface area contributed by atoms with Crippen LogP contribution in [0.1, 0.15) is 32.1 Å². The lowest BCUT2D eigenvalue weighted by atomic mass is 10.1. The lowest BCUT2D eigenvalue weighted by molar-refractivity contribution is 0.225. The van der Waals surface area contributed by atoms with Crippen LogP contribution in [0, 0.1) is 0 Å². The van der Waals surface area contributed by atoms with Crippen molar-refractivity contribution in [2.75, 3.05) is 13.7 Å². The average molecular weight is 263 g/mol. The number of aliphatic hydroxyl groups excluding tert-OH is 1. The maximum atomic E-state index is 9.23. The molecule has 0 saturated heterocycles. The van der Waals surface area contributed by atoms with Crippen molar-refractivity contribution in [3.05, 3.63) is 30.0 Å². The molecule has 0 aliphatic rings. The third-order valence-electron chi connectivity index (χ3n) is 3.37. The minimum absolute atomic E-state index is 0.0502. The molecule has 4 heteroatoms. The van der Waals surface area contributed by atoms with Crippen LogP contribution in [0.25, 0.3) is 11.0 Å². The lowest BCUT2D eigenvalue weighted by Gasteiger charge is -2.18. The highest BCUT2D eigenvalue weighted by Crippen LogP contribution is 2.30. The molecule has 2 unspecified atom stereocenters. The summed E-state index contributed by atoms with van der Waals surface area (Å²) in [5.74, 6) is 1.59. The van der Waals surface area contributed by atoms with Gasteiger partial charge in [0, 0.05) is 11.4 Å². The zero-order valence-electron chi connectivity index (χ0n) is 11.6. The zero-order valence-corrected chi connectivity index (χ0v) is 11.6. The maximum absolute atomic E-state index is 9.23. The van der Waals surface area contributed by atoms with Gasteiger partial charge in [-0.2, -0.15) is 0 Å². The van der Waals surface area contributed by atoms with Crippen LogP contribution in [0.2, 0.25) is 0 Å². The number of para-hydroxylation sites is 1. The Kier molecular flexibility index (Phi) is 4.45. The first-order valence-corrected chi connectivity index (χ1v) is 6.63. The Morgan fingerprint density at radius 1 is 1.42 bits per heavy atom. The molecule has 1 aromatic heterocycles. The molecule has 2 N–H and O–H groups in total. The molecular formula is C15H21NO3. The summed E-state index contributed by atoms with van der Waals surface area (Å²) in [4.78, 5) is 0. The number of methoxy groups -OCH3 is 1. The molecule has 1 heterocycles. The first-order chi connectivity index (χ1) is 9.19. The molecule has 0 aliphatic carbocycles. The predicted molar refractivity (Wildman–Crippen MR) is 75.5 cm³/mol. The highest BCUT2D eigenvalue weighted by atomic mass is 16.5. The monoisotopic (exact) mass is 263 g/mol. The Labute approximate surface area is 113 Å². The highest BCUT2D eigenvalue weighted by molar-refractivity contribution is 5.83. The summed E-state index contributed by atoms with van der Waals surface area (Å²) >= 11 is 0. The molecule has 0 saturated carbocycles. The van der Waals surface area contributed by atoms with Gasteiger partial charge >= 0.3 is 0 Å². The second-order valence-corrected chi connectivity index (χ2v) is 4.70. The molecule has 2 atom stereocenters. The van der Waals surface area contributed by atoms with Gasteiger partial charge in [0.1, 0.15) is 5.76 Å². The van der Waals surface area contributed by atoms with Gasteiger partial charge in [-0.3, -0.25) is 0 Å². The average Bonchev–Trinajstić information content (AvgIpc) is 2.88. The summed E-state index contributed by atoms with van der Waals surface area (Å²) in [5, 5.41) is 13.6. The van der Waals surface area contributed by atoms with Crippen LogP contribution < -0.4 is 10.1 Å². The van der Waals surface area contributed by atoms with Crippen molar-refractivity contribution in [2.45, 2.75) is 32.4 Å². The van der Waals surface area contributed by atoms with Crippen molar-refractivity contribution in [3.8, 4) is 5.75 Å². The molecule has 0 bridgehead atoms. The summed E-state index contributed by atoms with van der Waals surface area (Å²) in [6.07, 6.45) is 0.879. The van der Waals surface area contributed by atoms with E-state index in [1.54, 1.807) is 7.11 Å². The zero-order chi connectivity index (χ0) is 13.8. The smallest absolute Gasteiger partial charge is 0.176 e. The molecule has 0 amide bonds. The number of hydrogen-bond donors (Lipinski definition) is 2. The molecule has 4 nitrogen and oxygen atoms in total. The fraction of sp³-hybridized carbons (Fsp3) is 0.467. The van der Waals surface area contributed by atoms with Gasteiger partial charge in [0.05, 0.1) is 19.8 Å². The van der Waals surface area contributed by atoms with E-state index in [4.69, 9.17) is 9.15 Å². The summed E-state index contributed by atoms with van der Waals surface area (Å²) in [5.41, 5.74) is 0.769. The Morgan fingerprint density at radius 2 is 2.21 bits per heavy atom. The highest BCUT2D eigenvalue weighted by Gasteiger charge is 2.16. The number of benzene rings is 1. The number of ether oxygens (including phenoxy) is 1. The van der Waals surface area contributed by atoms with E-state index in [9.17, 15) is 5.11 Å². The fourth-order valence-corrected chi connectivity index (χ4v) is 2.17. The van der Waals surface area contributed by atoms with Crippen molar-refractivity contribution < 1.29 is 14.3 Å². The SMILES string of the molecule is CCC(CO)NC(C)c1cc2cccc(OC)c2o1. The topological polar surface area (TPSA) is 54.6 Å². The second kappa shape index (κ2) is 6.08. The van der Waals surface area contributed by atoms with Crippen molar-refractivity contribution in [1.29, 1.82) is 0 Å². The normalized spacial score (nSPS) is 14.5. The van der Waals surface area contributed by atoms with Crippen LogP contribution in [0.4, 0.5) is 0 Å². The minimum Gasteiger partial charge on any atom is -0.493 e. The Balaban J connectivity index is 2.25. The molecule has 2 aromatic rings. The van der Waals surface area contributed by atoms with Crippen LogP contribution >= 0.6 is 0 Å². The number of aliphatic hydroxyl groups is 1. The van der Waals surface area contributed by atoms with Gasteiger partial charge in [-0.1, -0.05) is 19.1 Å². The minimum atomic E-state index is 0.0502. The van der Waals surface area contributed by atoms with E-state index in [0.29, 0.717) is 0 Å². The summed E-state index contributed by atoms with van der Waals surface area (Å²) in [6.45, 7) is 4.20. The first kappa shape index (κ1) is 13.9. The van der Waals surface area contributed by atoms with E-state index in [-0.39, 0.29) is 18.7 Å². The van der Waals surface area contributed by atoms with Crippen LogP contribution in [-0.2, 0) is 0 Å². The maximum Gasteiger partial charge on any atom is 0.176 e. The number of rotatable bonds is 6. The van der Waals surface area contributed by atoms with Gasteiger partial charge in [0.2, 0.25) is 0 Å². The Bertz CT molecular complexity index is 531. The van der Waals surface area contributed by atoms with E-state index >= 15 is 0 Å². The predicted octanol–water partition coefficient (Wildman–Crippen LogP) is 2.86. The van der Waals surface area contributed by atoms with E-state index in [1.165, 1.54) is 0 Å². The molecule has 0 fully saturated rings. The van der Waals surface area contributed by atoms with E-state index in [1.807, 2.05) is 38.1 Å². The number of fused-ring (bicyclic) bond motifs is 1. The Hall–Kier alpha value is -1.52. The van der Waals surface area contributed by atoms with Crippen molar-refractivity contribution in [3.63, 3.8) is 0 Å².